The van der Waals surface area contributed by atoms with Gasteiger partial charge in [0.1, 0.15) is 29.6 Å². The van der Waals surface area contributed by atoms with Crippen molar-refractivity contribution < 1.29 is 9.37 Å². The van der Waals surface area contributed by atoms with Crippen LogP contribution in [0.3, 0.4) is 0 Å². The maximum Gasteiger partial charge on any atom is 0.302 e. The molecule has 26 heavy (non-hydrogen) atoms. The number of benzene rings is 2. The smallest absolute Gasteiger partial charge is 0.302 e. The first-order chi connectivity index (χ1) is 12.2. The highest BCUT2D eigenvalue weighted by atomic mass is 32.1. The summed E-state index contributed by atoms with van der Waals surface area (Å²) in [4.78, 5) is 14.6. The molecule has 0 bridgehead atoms. The molecule has 0 atom stereocenters. The molecule has 0 aromatic heterocycles. The number of hydrogen-bond donors (Lipinski definition) is 0. The molecule has 4 heteroatoms. The molecule has 0 aliphatic carbocycles. The minimum atomic E-state index is -0.304. The molecular formula is C22H26N2OS. The number of amidine groups is 1. The van der Waals surface area contributed by atoms with Crippen LogP contribution in [-0.4, -0.2) is 28.6 Å². The molecule has 2 aromatic carbocycles. The molecule has 1 heterocycles. The Morgan fingerprint density at radius 3 is 1.81 bits per heavy atom. The molecule has 136 valence electrons. The Bertz CT molecular complexity index is 897. The molecule has 0 fully saturated rings. The van der Waals surface area contributed by atoms with Crippen molar-refractivity contribution in [3.05, 3.63) is 57.6 Å². The van der Waals surface area contributed by atoms with Crippen LogP contribution in [0.1, 0.15) is 33.4 Å². The standard InChI is InChI=1S/C22H26N2OS/c1-13-9-15(3)19(16(4)10-13)23-7-8-24(21(23)22(25)26)20-17(5)11-14(2)12-18(20)6/h9-12H,7-8H2,1-6H3. The van der Waals surface area contributed by atoms with E-state index >= 15 is 0 Å². The first-order valence-electron chi connectivity index (χ1n) is 8.99. The molecule has 0 unspecified atom stereocenters. The van der Waals surface area contributed by atoms with Crippen molar-refractivity contribution >= 4 is 35.0 Å². The number of carbonyl (C=O) groups excluding carboxylic acids is 1. The van der Waals surface area contributed by atoms with Crippen molar-refractivity contribution in [1.29, 1.82) is 0 Å². The Morgan fingerprint density at radius 2 is 1.35 bits per heavy atom. The van der Waals surface area contributed by atoms with Gasteiger partial charge in [-0.1, -0.05) is 35.4 Å². The fraction of sp³-hybridized carbons (Fsp3) is 0.364. The lowest BCUT2D eigenvalue weighted by molar-refractivity contribution is -0.428. The third kappa shape index (κ3) is 3.14. The maximum atomic E-state index is 12.5. The van der Waals surface area contributed by atoms with Crippen LogP contribution in [0, 0.1) is 41.5 Å². The molecule has 3 rings (SSSR count). The predicted octanol–water partition coefficient (Wildman–Crippen LogP) is 4.17. The van der Waals surface area contributed by atoms with Crippen LogP contribution in [0.15, 0.2) is 24.3 Å². The van der Waals surface area contributed by atoms with E-state index in [0.717, 1.165) is 24.5 Å². The number of nitrogens with zero attached hydrogens (tertiary/aromatic N) is 2. The summed E-state index contributed by atoms with van der Waals surface area (Å²) in [6.07, 6.45) is 0. The number of rotatable bonds is 3. The van der Waals surface area contributed by atoms with Gasteiger partial charge >= 0.3 is 5.84 Å². The van der Waals surface area contributed by atoms with E-state index in [1.54, 1.807) is 0 Å². The van der Waals surface area contributed by atoms with Crippen molar-refractivity contribution in [3.63, 3.8) is 0 Å². The van der Waals surface area contributed by atoms with Crippen LogP contribution in [0.4, 0.5) is 11.4 Å². The lowest BCUT2D eigenvalue weighted by atomic mass is 10.0. The van der Waals surface area contributed by atoms with E-state index in [0.29, 0.717) is 5.84 Å². The van der Waals surface area contributed by atoms with Gasteiger partial charge in [0.25, 0.3) is 0 Å². The average Bonchev–Trinajstić information content (AvgIpc) is 2.89. The monoisotopic (exact) mass is 366 g/mol. The number of anilines is 1. The first-order valence-corrected chi connectivity index (χ1v) is 9.40. The van der Waals surface area contributed by atoms with Gasteiger partial charge in [0.15, 0.2) is 0 Å². The summed E-state index contributed by atoms with van der Waals surface area (Å²) in [5, 5.41) is -0.304. The summed E-state index contributed by atoms with van der Waals surface area (Å²) in [5.41, 5.74) is 9.38. The summed E-state index contributed by atoms with van der Waals surface area (Å²) in [5.74, 6) is 0.602. The Hall–Kier alpha value is -2.20. The highest BCUT2D eigenvalue weighted by molar-refractivity contribution is 7.80. The lowest BCUT2D eigenvalue weighted by Gasteiger charge is -2.19. The number of hydrogen-bond acceptors (Lipinski definition) is 3. The van der Waals surface area contributed by atoms with E-state index in [2.05, 4.69) is 75.3 Å². The van der Waals surface area contributed by atoms with E-state index in [-0.39, 0.29) is 5.12 Å². The predicted molar refractivity (Wildman–Crippen MR) is 111 cm³/mol. The second kappa shape index (κ2) is 6.84. The van der Waals surface area contributed by atoms with Crippen LogP contribution >= 0.6 is 0 Å². The second-order valence-corrected chi connectivity index (χ2v) is 7.78. The zero-order chi connectivity index (χ0) is 19.2. The normalized spacial score (nSPS) is 14.3. The average molecular weight is 367 g/mol. The van der Waals surface area contributed by atoms with Crippen molar-refractivity contribution in [2.24, 2.45) is 0 Å². The summed E-state index contributed by atoms with van der Waals surface area (Å²) >= 11 is 5.16. The van der Waals surface area contributed by atoms with E-state index in [1.807, 2.05) is 0 Å². The van der Waals surface area contributed by atoms with E-state index < -0.39 is 0 Å². The minimum absolute atomic E-state index is 0.304. The summed E-state index contributed by atoms with van der Waals surface area (Å²) in [7, 11) is 0. The van der Waals surface area contributed by atoms with Crippen LogP contribution in [0.2, 0.25) is 0 Å². The molecule has 0 N–H and O–H groups in total. The molecule has 0 saturated carbocycles. The number of aryl methyl sites for hydroxylation is 6. The van der Waals surface area contributed by atoms with Gasteiger partial charge in [-0.25, -0.2) is 9.48 Å². The Balaban J connectivity index is 2.23. The summed E-state index contributed by atoms with van der Waals surface area (Å²) in [6, 6.07) is 8.66. The van der Waals surface area contributed by atoms with Crippen molar-refractivity contribution in [1.82, 2.24) is 0 Å². The van der Waals surface area contributed by atoms with Gasteiger partial charge < -0.3 is 17.4 Å². The Labute approximate surface area is 161 Å². The van der Waals surface area contributed by atoms with E-state index in [1.165, 1.54) is 33.4 Å². The van der Waals surface area contributed by atoms with Crippen molar-refractivity contribution in [2.45, 2.75) is 41.5 Å². The SMILES string of the molecule is Cc1cc(C)c(N2CC[N+](c3c(C)cc(C)cc3C)=C2C(=O)[S-])c(C)c1. The Morgan fingerprint density at radius 1 is 0.885 bits per heavy atom. The lowest BCUT2D eigenvalue weighted by Crippen LogP contribution is -2.35. The minimum Gasteiger partial charge on any atom is -0.729 e. The van der Waals surface area contributed by atoms with E-state index in [9.17, 15) is 4.79 Å². The summed E-state index contributed by atoms with van der Waals surface area (Å²) < 4.78 is 2.11. The van der Waals surface area contributed by atoms with Gasteiger partial charge in [-0.05, 0) is 63.8 Å². The molecule has 0 saturated heterocycles. The topological polar surface area (TPSA) is 23.3 Å². The summed E-state index contributed by atoms with van der Waals surface area (Å²) in [6.45, 7) is 14.1. The number of carbonyl (C=O) groups is 1. The van der Waals surface area contributed by atoms with Crippen LogP contribution in [-0.2, 0) is 17.4 Å². The van der Waals surface area contributed by atoms with Gasteiger partial charge in [0.05, 0.1) is 0 Å². The Kier molecular flexibility index (Phi) is 4.89. The first kappa shape index (κ1) is 18.6. The zero-order valence-electron chi connectivity index (χ0n) is 16.4. The fourth-order valence-corrected chi connectivity index (χ4v) is 4.63. The quantitative estimate of drug-likeness (QED) is 0.601. The van der Waals surface area contributed by atoms with Crippen LogP contribution < -0.4 is 4.90 Å². The van der Waals surface area contributed by atoms with E-state index in [4.69, 9.17) is 12.6 Å². The van der Waals surface area contributed by atoms with Crippen LogP contribution in [0.5, 0.6) is 0 Å². The highest BCUT2D eigenvalue weighted by Crippen LogP contribution is 2.32. The largest absolute Gasteiger partial charge is 0.729 e. The highest BCUT2D eigenvalue weighted by Gasteiger charge is 2.36. The van der Waals surface area contributed by atoms with Gasteiger partial charge in [0.2, 0.25) is 0 Å². The van der Waals surface area contributed by atoms with Crippen molar-refractivity contribution in [2.75, 3.05) is 18.0 Å². The zero-order valence-corrected chi connectivity index (χ0v) is 17.3. The molecule has 0 radical (unpaired) electrons. The maximum absolute atomic E-state index is 12.5. The van der Waals surface area contributed by atoms with Gasteiger partial charge in [0, 0.05) is 0 Å². The molecule has 0 spiro atoms. The van der Waals surface area contributed by atoms with Gasteiger partial charge in [-0.2, -0.15) is 0 Å². The molecule has 1 aliphatic heterocycles. The molecular weight excluding hydrogens is 340 g/mol. The molecule has 1 aliphatic rings. The van der Waals surface area contributed by atoms with Crippen LogP contribution in [0.25, 0.3) is 0 Å². The fourth-order valence-electron chi connectivity index (χ4n) is 4.41. The van der Waals surface area contributed by atoms with Gasteiger partial charge in [-0.15, -0.1) is 0 Å². The third-order valence-corrected chi connectivity index (χ3v) is 5.23. The van der Waals surface area contributed by atoms with Crippen molar-refractivity contribution in [3.8, 4) is 0 Å². The third-order valence-electron chi connectivity index (χ3n) is 5.05. The van der Waals surface area contributed by atoms with Gasteiger partial charge in [-0.3, -0.25) is 0 Å². The molecule has 2 aromatic rings. The molecule has 0 amide bonds. The second-order valence-electron chi connectivity index (χ2n) is 7.41. The molecule has 3 nitrogen and oxygen atoms in total.